The lowest BCUT2D eigenvalue weighted by Crippen LogP contribution is -2.31. The van der Waals surface area contributed by atoms with E-state index in [0.29, 0.717) is 30.8 Å². The van der Waals surface area contributed by atoms with Crippen LogP contribution in [0.1, 0.15) is 29.3 Å². The number of para-hydroxylation sites is 1. The molecule has 0 aromatic heterocycles. The van der Waals surface area contributed by atoms with Gasteiger partial charge in [0.1, 0.15) is 5.75 Å². The Kier molecular flexibility index (Phi) is 7.49. The third kappa shape index (κ3) is 6.12. The summed E-state index contributed by atoms with van der Waals surface area (Å²) in [5, 5.41) is 5.42. The Balaban J connectivity index is 1.73. The molecule has 0 saturated heterocycles. The molecule has 0 spiro atoms. The van der Waals surface area contributed by atoms with Gasteiger partial charge < -0.3 is 20.1 Å². The standard InChI is InChI=1S/C20H24N2O4/c1-3-25-19(23)17-7-4-5-8-18(17)22-20(24)21-13-6-14-26-16-11-9-15(2)10-12-16/h4-5,7-12H,3,6,13-14H2,1-2H3,(H2,21,22,24). The van der Waals surface area contributed by atoms with Crippen molar-refractivity contribution in [3.8, 4) is 5.75 Å². The monoisotopic (exact) mass is 356 g/mol. The van der Waals surface area contributed by atoms with Crippen LogP contribution in [0.25, 0.3) is 0 Å². The fourth-order valence-electron chi connectivity index (χ4n) is 2.24. The minimum atomic E-state index is -0.463. The lowest BCUT2D eigenvalue weighted by atomic mass is 10.2. The molecular weight excluding hydrogens is 332 g/mol. The van der Waals surface area contributed by atoms with Crippen molar-refractivity contribution in [1.29, 1.82) is 0 Å². The molecule has 6 heteroatoms. The molecule has 138 valence electrons. The van der Waals surface area contributed by atoms with Gasteiger partial charge in [-0.3, -0.25) is 0 Å². The highest BCUT2D eigenvalue weighted by atomic mass is 16.5. The first kappa shape index (κ1) is 19.3. The van der Waals surface area contributed by atoms with E-state index >= 15 is 0 Å². The molecular formula is C20H24N2O4. The lowest BCUT2D eigenvalue weighted by molar-refractivity contribution is 0.0527. The Labute approximate surface area is 153 Å². The first-order valence-electron chi connectivity index (χ1n) is 8.60. The van der Waals surface area contributed by atoms with Crippen molar-refractivity contribution >= 4 is 17.7 Å². The molecule has 2 amide bonds. The Bertz CT molecular complexity index is 729. The number of rotatable bonds is 8. The van der Waals surface area contributed by atoms with Crippen LogP contribution in [0.4, 0.5) is 10.5 Å². The molecule has 2 aromatic carbocycles. The Morgan fingerprint density at radius 1 is 1.04 bits per heavy atom. The summed E-state index contributed by atoms with van der Waals surface area (Å²) in [5.41, 5.74) is 1.92. The average molecular weight is 356 g/mol. The zero-order valence-corrected chi connectivity index (χ0v) is 15.1. The minimum absolute atomic E-state index is 0.278. The number of aryl methyl sites for hydroxylation is 1. The van der Waals surface area contributed by atoms with Crippen molar-refractivity contribution in [3.05, 3.63) is 59.7 Å². The van der Waals surface area contributed by atoms with Gasteiger partial charge in [-0.2, -0.15) is 0 Å². The molecule has 0 heterocycles. The number of amides is 2. The first-order chi connectivity index (χ1) is 12.6. The summed E-state index contributed by atoms with van der Waals surface area (Å²) in [5.74, 6) is 0.346. The van der Waals surface area contributed by atoms with Crippen LogP contribution in [0.5, 0.6) is 5.75 Å². The van der Waals surface area contributed by atoms with Gasteiger partial charge in [-0.05, 0) is 44.5 Å². The summed E-state index contributed by atoms with van der Waals surface area (Å²) in [6, 6.07) is 14.2. The fraction of sp³-hybridized carbons (Fsp3) is 0.300. The van der Waals surface area contributed by atoms with E-state index in [-0.39, 0.29) is 12.6 Å². The van der Waals surface area contributed by atoms with Crippen molar-refractivity contribution < 1.29 is 19.1 Å². The molecule has 2 N–H and O–H groups in total. The van der Waals surface area contributed by atoms with Crippen molar-refractivity contribution in [1.82, 2.24) is 5.32 Å². The van der Waals surface area contributed by atoms with E-state index in [4.69, 9.17) is 9.47 Å². The minimum Gasteiger partial charge on any atom is -0.494 e. The van der Waals surface area contributed by atoms with E-state index in [2.05, 4.69) is 10.6 Å². The largest absolute Gasteiger partial charge is 0.494 e. The molecule has 6 nitrogen and oxygen atoms in total. The first-order valence-corrected chi connectivity index (χ1v) is 8.60. The molecule has 0 unspecified atom stereocenters. The van der Waals surface area contributed by atoms with E-state index in [1.807, 2.05) is 31.2 Å². The zero-order valence-electron chi connectivity index (χ0n) is 15.1. The zero-order chi connectivity index (χ0) is 18.8. The third-order valence-electron chi connectivity index (χ3n) is 3.57. The number of anilines is 1. The number of ether oxygens (including phenoxy) is 2. The molecule has 0 saturated carbocycles. The van der Waals surface area contributed by atoms with Gasteiger partial charge in [0.2, 0.25) is 0 Å². The van der Waals surface area contributed by atoms with Gasteiger partial charge in [-0.1, -0.05) is 29.8 Å². The molecule has 0 radical (unpaired) electrons. The molecule has 2 aromatic rings. The number of urea groups is 1. The summed E-state index contributed by atoms with van der Waals surface area (Å²) >= 11 is 0. The van der Waals surface area contributed by atoms with E-state index < -0.39 is 5.97 Å². The number of hydrogen-bond acceptors (Lipinski definition) is 4. The summed E-state index contributed by atoms with van der Waals surface area (Å²) in [6.07, 6.45) is 0.667. The normalized spacial score (nSPS) is 10.1. The summed E-state index contributed by atoms with van der Waals surface area (Å²) < 4.78 is 10.6. The third-order valence-corrected chi connectivity index (χ3v) is 3.57. The van der Waals surface area contributed by atoms with Gasteiger partial charge in [0.15, 0.2) is 0 Å². The van der Waals surface area contributed by atoms with Crippen LogP contribution in [0.15, 0.2) is 48.5 Å². The SMILES string of the molecule is CCOC(=O)c1ccccc1NC(=O)NCCCOc1ccc(C)cc1. The van der Waals surface area contributed by atoms with Crippen molar-refractivity contribution in [2.45, 2.75) is 20.3 Å². The van der Waals surface area contributed by atoms with Gasteiger partial charge in [0.05, 0.1) is 24.5 Å². The van der Waals surface area contributed by atoms with Crippen LogP contribution in [0.3, 0.4) is 0 Å². The van der Waals surface area contributed by atoms with Gasteiger partial charge in [0, 0.05) is 6.54 Å². The molecule has 0 aliphatic rings. The Morgan fingerprint density at radius 3 is 2.50 bits per heavy atom. The highest BCUT2D eigenvalue weighted by Crippen LogP contribution is 2.16. The molecule has 0 bridgehead atoms. The van der Waals surface area contributed by atoms with Crippen LogP contribution in [-0.2, 0) is 4.74 Å². The molecule has 0 atom stereocenters. The smallest absolute Gasteiger partial charge is 0.340 e. The summed E-state index contributed by atoms with van der Waals surface area (Å²) in [4.78, 5) is 23.9. The predicted molar refractivity (Wildman–Crippen MR) is 101 cm³/mol. The van der Waals surface area contributed by atoms with Crippen LogP contribution in [0, 0.1) is 6.92 Å². The number of nitrogens with one attached hydrogen (secondary N) is 2. The quantitative estimate of drug-likeness (QED) is 0.558. The second-order valence-electron chi connectivity index (χ2n) is 5.66. The second-order valence-corrected chi connectivity index (χ2v) is 5.66. The predicted octanol–water partition coefficient (Wildman–Crippen LogP) is 3.76. The Morgan fingerprint density at radius 2 is 1.77 bits per heavy atom. The van der Waals surface area contributed by atoms with Crippen molar-refractivity contribution in [2.24, 2.45) is 0 Å². The molecule has 0 fully saturated rings. The number of carbonyl (C=O) groups is 2. The van der Waals surface area contributed by atoms with Crippen LogP contribution >= 0.6 is 0 Å². The van der Waals surface area contributed by atoms with E-state index in [9.17, 15) is 9.59 Å². The molecule has 2 rings (SSSR count). The van der Waals surface area contributed by atoms with Crippen molar-refractivity contribution in [3.63, 3.8) is 0 Å². The maximum absolute atomic E-state index is 12.0. The molecule has 0 aliphatic heterocycles. The number of carbonyl (C=O) groups excluding carboxylic acids is 2. The van der Waals surface area contributed by atoms with Gasteiger partial charge in [0.25, 0.3) is 0 Å². The van der Waals surface area contributed by atoms with Crippen LogP contribution in [-0.4, -0.2) is 31.8 Å². The van der Waals surface area contributed by atoms with Crippen LogP contribution in [0.2, 0.25) is 0 Å². The maximum Gasteiger partial charge on any atom is 0.340 e. The average Bonchev–Trinajstić information content (AvgIpc) is 2.63. The molecule has 26 heavy (non-hydrogen) atoms. The summed E-state index contributed by atoms with van der Waals surface area (Å²) in [7, 11) is 0. The van der Waals surface area contributed by atoms with Gasteiger partial charge >= 0.3 is 12.0 Å². The number of esters is 1. The van der Waals surface area contributed by atoms with Crippen LogP contribution < -0.4 is 15.4 Å². The van der Waals surface area contributed by atoms with Gasteiger partial charge in [-0.15, -0.1) is 0 Å². The number of hydrogen-bond donors (Lipinski definition) is 2. The van der Waals surface area contributed by atoms with E-state index in [1.54, 1.807) is 31.2 Å². The highest BCUT2D eigenvalue weighted by Gasteiger charge is 2.13. The van der Waals surface area contributed by atoms with E-state index in [0.717, 1.165) is 5.75 Å². The van der Waals surface area contributed by atoms with Gasteiger partial charge in [-0.25, -0.2) is 9.59 Å². The highest BCUT2D eigenvalue weighted by molar-refractivity contribution is 6.00. The van der Waals surface area contributed by atoms with E-state index in [1.165, 1.54) is 5.56 Å². The maximum atomic E-state index is 12.0. The lowest BCUT2D eigenvalue weighted by Gasteiger charge is -2.11. The van der Waals surface area contributed by atoms with Crippen molar-refractivity contribution in [2.75, 3.05) is 25.1 Å². The topological polar surface area (TPSA) is 76.7 Å². The molecule has 0 aliphatic carbocycles. The summed E-state index contributed by atoms with van der Waals surface area (Å²) in [6.45, 7) is 4.99. The number of benzene rings is 2. The second kappa shape index (κ2) is 10.1. The Hall–Kier alpha value is -3.02. The fourth-order valence-corrected chi connectivity index (χ4v) is 2.24.